The maximum Gasteiger partial charge on any atom is -0.00259 e. The molecule has 13 aromatic rings. The van der Waals surface area contributed by atoms with Gasteiger partial charge in [0.15, 0.2) is 0 Å². The summed E-state index contributed by atoms with van der Waals surface area (Å²) < 4.78 is 0. The largest absolute Gasteiger partial charge is 0.0622 e. The van der Waals surface area contributed by atoms with E-state index in [4.69, 9.17) is 0 Å². The summed E-state index contributed by atoms with van der Waals surface area (Å²) in [6.07, 6.45) is 0. The van der Waals surface area contributed by atoms with Crippen molar-refractivity contribution in [2.45, 2.75) is 0 Å². The molecule has 0 heteroatoms. The van der Waals surface area contributed by atoms with E-state index in [1.165, 1.54) is 132 Å². The second kappa shape index (κ2) is 16.5. The topological polar surface area (TPSA) is 0 Å². The highest BCUT2D eigenvalue weighted by Gasteiger charge is 2.22. The Morgan fingerprint density at radius 1 is 0.132 bits per heavy atom. The average molecular weight is 861 g/mol. The summed E-state index contributed by atoms with van der Waals surface area (Å²) in [6, 6.07) is 98.6. The van der Waals surface area contributed by atoms with Gasteiger partial charge in [0.25, 0.3) is 0 Å². The average Bonchev–Trinajstić information content (AvgIpc) is 3.42. The molecule has 0 spiro atoms. The standard InChI is InChI=1S/C68H44/c1-4-22-45(23-5-1)52-40-41-56(55-31-13-12-30-54(52)55)53-29-11-10-28-51(53)48-42-49(67-61-36-18-14-32-57(61)65(46-24-6-2-7-25-46)58-33-15-19-37-62(58)67)44-50(43-48)68-63-38-20-16-34-59(63)66(47-26-8-3-9-27-47)60-35-17-21-39-64(60)68/h1-44H. The van der Waals surface area contributed by atoms with Crippen molar-refractivity contribution in [1.82, 2.24) is 0 Å². The fraction of sp³-hybridized carbons (Fsp3) is 0. The molecule has 316 valence electrons. The second-order valence-corrected chi connectivity index (χ2v) is 17.8. The van der Waals surface area contributed by atoms with Crippen molar-refractivity contribution in [3.8, 4) is 77.9 Å². The van der Waals surface area contributed by atoms with Crippen LogP contribution in [0.2, 0.25) is 0 Å². The maximum atomic E-state index is 2.48. The van der Waals surface area contributed by atoms with Crippen LogP contribution in [0.25, 0.3) is 132 Å². The van der Waals surface area contributed by atoms with Gasteiger partial charge >= 0.3 is 0 Å². The summed E-state index contributed by atoms with van der Waals surface area (Å²) in [5, 5.41) is 12.4. The molecule has 0 aliphatic rings. The third-order valence-electron chi connectivity index (χ3n) is 14.0. The molecule has 68 heavy (non-hydrogen) atoms. The molecule has 0 unspecified atom stereocenters. The van der Waals surface area contributed by atoms with Gasteiger partial charge in [-0.2, -0.15) is 0 Å². The molecule has 13 aromatic carbocycles. The fourth-order valence-electron chi connectivity index (χ4n) is 11.2. The Bertz CT molecular complexity index is 3760. The Labute approximate surface area is 396 Å². The Morgan fingerprint density at radius 3 is 0.794 bits per heavy atom. The molecule has 0 atom stereocenters. The highest BCUT2D eigenvalue weighted by Crippen LogP contribution is 2.49. The van der Waals surface area contributed by atoms with Gasteiger partial charge in [-0.05, 0) is 150 Å². The van der Waals surface area contributed by atoms with Crippen LogP contribution in [0.5, 0.6) is 0 Å². The van der Waals surface area contributed by atoms with Crippen LogP contribution in [0.15, 0.2) is 267 Å². The van der Waals surface area contributed by atoms with Gasteiger partial charge in [-0.1, -0.05) is 249 Å². The van der Waals surface area contributed by atoms with Gasteiger partial charge in [0.1, 0.15) is 0 Å². The second-order valence-electron chi connectivity index (χ2n) is 17.8. The van der Waals surface area contributed by atoms with Crippen molar-refractivity contribution >= 4 is 53.9 Å². The van der Waals surface area contributed by atoms with E-state index in [0.29, 0.717) is 0 Å². The molecule has 0 fully saturated rings. The van der Waals surface area contributed by atoms with Crippen LogP contribution in [0, 0.1) is 0 Å². The summed E-state index contributed by atoms with van der Waals surface area (Å²) in [4.78, 5) is 0. The van der Waals surface area contributed by atoms with Crippen molar-refractivity contribution in [2.24, 2.45) is 0 Å². The molecule has 0 bridgehead atoms. The van der Waals surface area contributed by atoms with Crippen molar-refractivity contribution in [3.05, 3.63) is 267 Å². The SMILES string of the molecule is c1ccc(-c2ccc(-c3ccccc3-c3cc(-c4c5ccccc5c(-c5ccccc5)c5ccccc45)cc(-c4c5ccccc5c(-c5ccccc5)c5ccccc45)c3)c3ccccc23)cc1. The van der Waals surface area contributed by atoms with E-state index in [2.05, 4.69) is 267 Å². The zero-order chi connectivity index (χ0) is 45.0. The summed E-state index contributed by atoms with van der Waals surface area (Å²) in [5.41, 5.74) is 17.1. The third kappa shape index (κ3) is 6.53. The molecule has 0 radical (unpaired) electrons. The van der Waals surface area contributed by atoms with Gasteiger partial charge in [-0.3, -0.25) is 0 Å². The van der Waals surface area contributed by atoms with Gasteiger partial charge in [-0.15, -0.1) is 0 Å². The number of fused-ring (bicyclic) bond motifs is 5. The molecule has 0 aromatic heterocycles. The first-order chi connectivity index (χ1) is 33.8. The lowest BCUT2D eigenvalue weighted by atomic mass is 9.81. The predicted octanol–water partition coefficient (Wildman–Crippen LogP) is 19.1. The molecular weight excluding hydrogens is 817 g/mol. The molecule has 0 aliphatic heterocycles. The van der Waals surface area contributed by atoms with Crippen LogP contribution in [0.1, 0.15) is 0 Å². The lowest BCUT2D eigenvalue weighted by Crippen LogP contribution is -1.95. The summed E-state index contributed by atoms with van der Waals surface area (Å²) in [7, 11) is 0. The number of rotatable bonds is 7. The van der Waals surface area contributed by atoms with E-state index < -0.39 is 0 Å². The Morgan fingerprint density at radius 2 is 0.397 bits per heavy atom. The van der Waals surface area contributed by atoms with Gasteiger partial charge in [0.2, 0.25) is 0 Å². The smallest absolute Gasteiger partial charge is 0.00259 e. The van der Waals surface area contributed by atoms with Gasteiger partial charge in [0, 0.05) is 0 Å². The Balaban J connectivity index is 1.14. The van der Waals surface area contributed by atoms with E-state index in [-0.39, 0.29) is 0 Å². The van der Waals surface area contributed by atoms with Crippen molar-refractivity contribution in [2.75, 3.05) is 0 Å². The van der Waals surface area contributed by atoms with Gasteiger partial charge in [-0.25, -0.2) is 0 Å². The number of hydrogen-bond acceptors (Lipinski definition) is 0. The zero-order valence-electron chi connectivity index (χ0n) is 37.4. The quantitative estimate of drug-likeness (QED) is 0.140. The number of benzene rings is 13. The van der Waals surface area contributed by atoms with Gasteiger partial charge in [0.05, 0.1) is 0 Å². The Hall–Kier alpha value is -8.84. The molecule has 0 saturated heterocycles. The van der Waals surface area contributed by atoms with E-state index in [1.807, 2.05) is 0 Å². The predicted molar refractivity (Wildman–Crippen MR) is 292 cm³/mol. The molecule has 13 rings (SSSR count). The van der Waals surface area contributed by atoms with Crippen LogP contribution in [0.3, 0.4) is 0 Å². The maximum absolute atomic E-state index is 2.48. The monoisotopic (exact) mass is 860 g/mol. The first-order valence-electron chi connectivity index (χ1n) is 23.6. The summed E-state index contributed by atoms with van der Waals surface area (Å²) in [5.74, 6) is 0. The van der Waals surface area contributed by atoms with E-state index in [0.717, 1.165) is 0 Å². The van der Waals surface area contributed by atoms with E-state index in [9.17, 15) is 0 Å². The lowest BCUT2D eigenvalue weighted by Gasteiger charge is -2.22. The highest BCUT2D eigenvalue weighted by molar-refractivity contribution is 6.24. The summed E-state index contributed by atoms with van der Waals surface area (Å²) >= 11 is 0. The van der Waals surface area contributed by atoms with Crippen LogP contribution in [0.4, 0.5) is 0 Å². The fourth-order valence-corrected chi connectivity index (χ4v) is 11.2. The summed E-state index contributed by atoms with van der Waals surface area (Å²) in [6.45, 7) is 0. The van der Waals surface area contributed by atoms with E-state index >= 15 is 0 Å². The van der Waals surface area contributed by atoms with Crippen LogP contribution < -0.4 is 0 Å². The molecule has 0 heterocycles. The van der Waals surface area contributed by atoms with Crippen LogP contribution in [-0.4, -0.2) is 0 Å². The minimum absolute atomic E-state index is 1.17. The van der Waals surface area contributed by atoms with Gasteiger partial charge < -0.3 is 0 Å². The third-order valence-corrected chi connectivity index (χ3v) is 14.0. The minimum Gasteiger partial charge on any atom is -0.0622 e. The first-order valence-corrected chi connectivity index (χ1v) is 23.6. The van der Waals surface area contributed by atoms with Crippen molar-refractivity contribution in [1.29, 1.82) is 0 Å². The minimum atomic E-state index is 1.17. The molecule has 0 nitrogen and oxygen atoms in total. The first kappa shape index (κ1) is 39.5. The van der Waals surface area contributed by atoms with Crippen molar-refractivity contribution < 1.29 is 0 Å². The van der Waals surface area contributed by atoms with E-state index in [1.54, 1.807) is 0 Å². The molecular formula is C68H44. The normalized spacial score (nSPS) is 11.5. The lowest BCUT2D eigenvalue weighted by molar-refractivity contribution is 1.58. The number of hydrogen-bond donors (Lipinski definition) is 0. The highest BCUT2D eigenvalue weighted by atomic mass is 14.3. The molecule has 0 N–H and O–H groups in total. The molecule has 0 saturated carbocycles. The molecule has 0 amide bonds. The zero-order valence-corrected chi connectivity index (χ0v) is 37.4. The van der Waals surface area contributed by atoms with Crippen LogP contribution >= 0.6 is 0 Å². The van der Waals surface area contributed by atoms with Crippen molar-refractivity contribution in [3.63, 3.8) is 0 Å². The van der Waals surface area contributed by atoms with Crippen LogP contribution in [-0.2, 0) is 0 Å². The molecule has 0 aliphatic carbocycles. The Kier molecular flexibility index (Phi) is 9.62.